The highest BCUT2D eigenvalue weighted by Gasteiger charge is 2.42. The third-order valence-electron chi connectivity index (χ3n) is 5.91. The number of nitrogens with zero attached hydrogens (tertiary/aromatic N) is 2. The van der Waals surface area contributed by atoms with Gasteiger partial charge in [0, 0.05) is 44.7 Å². The van der Waals surface area contributed by atoms with Crippen LogP contribution in [0.5, 0.6) is 0 Å². The molecule has 1 spiro atoms. The van der Waals surface area contributed by atoms with Crippen molar-refractivity contribution < 1.29 is 14.3 Å². The SMILES string of the molecule is O=C([C@H]1CCCO1)N1CCC[C@@]2(COCCN(CC3CC3)C2)C1. The highest BCUT2D eigenvalue weighted by atomic mass is 16.5. The van der Waals surface area contributed by atoms with Gasteiger partial charge in [-0.05, 0) is 44.4 Å². The van der Waals surface area contributed by atoms with Gasteiger partial charge in [-0.3, -0.25) is 4.79 Å². The van der Waals surface area contributed by atoms with Crippen LogP contribution in [0, 0.1) is 11.3 Å². The van der Waals surface area contributed by atoms with Crippen molar-refractivity contribution in [2.24, 2.45) is 11.3 Å². The molecule has 0 aromatic rings. The quantitative estimate of drug-likeness (QED) is 0.790. The molecule has 4 rings (SSSR count). The van der Waals surface area contributed by atoms with Crippen molar-refractivity contribution in [3.8, 4) is 0 Å². The van der Waals surface area contributed by atoms with Gasteiger partial charge in [0.1, 0.15) is 6.10 Å². The maximum Gasteiger partial charge on any atom is 0.251 e. The number of likely N-dealkylation sites (tertiary alicyclic amines) is 1. The Morgan fingerprint density at radius 3 is 2.78 bits per heavy atom. The number of hydrogen-bond acceptors (Lipinski definition) is 4. The normalized spacial score (nSPS) is 36.3. The van der Waals surface area contributed by atoms with Crippen molar-refractivity contribution >= 4 is 5.91 Å². The molecule has 23 heavy (non-hydrogen) atoms. The minimum absolute atomic E-state index is 0.137. The Hall–Kier alpha value is -0.650. The lowest BCUT2D eigenvalue weighted by molar-refractivity contribution is -0.145. The summed E-state index contributed by atoms with van der Waals surface area (Å²) in [7, 11) is 0. The summed E-state index contributed by atoms with van der Waals surface area (Å²) in [5.74, 6) is 1.14. The third-order valence-corrected chi connectivity index (χ3v) is 5.91. The number of piperidine rings is 1. The molecule has 0 aromatic heterocycles. The molecule has 0 N–H and O–H groups in total. The molecule has 0 unspecified atom stereocenters. The number of ether oxygens (including phenoxy) is 2. The molecule has 1 saturated carbocycles. The molecule has 5 nitrogen and oxygen atoms in total. The van der Waals surface area contributed by atoms with Gasteiger partial charge in [0.05, 0.1) is 13.2 Å². The minimum Gasteiger partial charge on any atom is -0.379 e. The molecular weight excluding hydrogens is 292 g/mol. The Labute approximate surface area is 139 Å². The van der Waals surface area contributed by atoms with Crippen LogP contribution in [0.2, 0.25) is 0 Å². The van der Waals surface area contributed by atoms with E-state index >= 15 is 0 Å². The van der Waals surface area contributed by atoms with Crippen LogP contribution in [0.4, 0.5) is 0 Å². The van der Waals surface area contributed by atoms with Crippen LogP contribution in [-0.4, -0.2) is 74.4 Å². The smallest absolute Gasteiger partial charge is 0.251 e. The molecule has 0 aromatic carbocycles. The van der Waals surface area contributed by atoms with Crippen LogP contribution in [0.1, 0.15) is 38.5 Å². The van der Waals surface area contributed by atoms with Gasteiger partial charge >= 0.3 is 0 Å². The molecule has 1 amide bonds. The van der Waals surface area contributed by atoms with Gasteiger partial charge in [0.15, 0.2) is 0 Å². The van der Waals surface area contributed by atoms with E-state index in [1.54, 1.807) is 0 Å². The monoisotopic (exact) mass is 322 g/mol. The van der Waals surface area contributed by atoms with Gasteiger partial charge in [0.25, 0.3) is 5.91 Å². The van der Waals surface area contributed by atoms with Gasteiger partial charge in [-0.25, -0.2) is 0 Å². The van der Waals surface area contributed by atoms with Crippen LogP contribution in [0.3, 0.4) is 0 Å². The molecule has 3 heterocycles. The van der Waals surface area contributed by atoms with Crippen molar-refractivity contribution in [2.45, 2.75) is 44.6 Å². The lowest BCUT2D eigenvalue weighted by atomic mass is 9.79. The van der Waals surface area contributed by atoms with E-state index in [2.05, 4.69) is 9.80 Å². The summed E-state index contributed by atoms with van der Waals surface area (Å²) in [5, 5.41) is 0. The Balaban J connectivity index is 1.41. The van der Waals surface area contributed by atoms with E-state index in [0.717, 1.165) is 71.2 Å². The average Bonchev–Trinajstić information content (AvgIpc) is 3.24. The first kappa shape index (κ1) is 15.9. The second kappa shape index (κ2) is 6.69. The number of hydrogen-bond donors (Lipinski definition) is 0. The number of rotatable bonds is 3. The number of amides is 1. The summed E-state index contributed by atoms with van der Waals surface area (Å²) in [6.07, 6.45) is 6.81. The highest BCUT2D eigenvalue weighted by Crippen LogP contribution is 2.36. The highest BCUT2D eigenvalue weighted by molar-refractivity contribution is 5.81. The Bertz CT molecular complexity index is 434. The predicted octanol–water partition coefficient (Wildman–Crippen LogP) is 1.52. The maximum atomic E-state index is 12.7. The van der Waals surface area contributed by atoms with Crippen molar-refractivity contribution in [3.05, 3.63) is 0 Å². The first-order chi connectivity index (χ1) is 11.2. The molecule has 0 bridgehead atoms. The first-order valence-corrected chi connectivity index (χ1v) is 9.45. The Morgan fingerprint density at radius 1 is 1.09 bits per heavy atom. The summed E-state index contributed by atoms with van der Waals surface area (Å²) in [5.41, 5.74) is 0.137. The lowest BCUT2D eigenvalue weighted by Crippen LogP contribution is -2.54. The van der Waals surface area contributed by atoms with E-state index in [9.17, 15) is 4.79 Å². The molecule has 5 heteroatoms. The van der Waals surface area contributed by atoms with E-state index in [1.807, 2.05) is 0 Å². The van der Waals surface area contributed by atoms with Gasteiger partial charge in [-0.2, -0.15) is 0 Å². The van der Waals surface area contributed by atoms with Crippen molar-refractivity contribution in [3.63, 3.8) is 0 Å². The van der Waals surface area contributed by atoms with Crippen LogP contribution < -0.4 is 0 Å². The van der Waals surface area contributed by atoms with E-state index in [1.165, 1.54) is 25.8 Å². The Morgan fingerprint density at radius 2 is 2.00 bits per heavy atom. The van der Waals surface area contributed by atoms with Gasteiger partial charge < -0.3 is 19.3 Å². The van der Waals surface area contributed by atoms with E-state index in [4.69, 9.17) is 9.47 Å². The second-order valence-corrected chi connectivity index (χ2v) is 8.10. The third kappa shape index (κ3) is 3.72. The molecule has 3 saturated heterocycles. The predicted molar refractivity (Wildman–Crippen MR) is 87.2 cm³/mol. The first-order valence-electron chi connectivity index (χ1n) is 9.45. The molecular formula is C18H30N2O3. The topological polar surface area (TPSA) is 42.0 Å². The number of carbonyl (C=O) groups is 1. The molecule has 1 aliphatic carbocycles. The summed E-state index contributed by atoms with van der Waals surface area (Å²) >= 11 is 0. The molecule has 4 aliphatic rings. The fraction of sp³-hybridized carbons (Fsp3) is 0.944. The number of carbonyl (C=O) groups excluding carboxylic acids is 1. The zero-order valence-corrected chi connectivity index (χ0v) is 14.2. The minimum atomic E-state index is -0.181. The summed E-state index contributed by atoms with van der Waals surface area (Å²) in [6, 6.07) is 0. The summed E-state index contributed by atoms with van der Waals surface area (Å²) < 4.78 is 11.6. The van der Waals surface area contributed by atoms with Crippen molar-refractivity contribution in [2.75, 3.05) is 52.5 Å². The van der Waals surface area contributed by atoms with Gasteiger partial charge in [-0.1, -0.05) is 0 Å². The fourth-order valence-corrected chi connectivity index (χ4v) is 4.52. The van der Waals surface area contributed by atoms with Crippen LogP contribution >= 0.6 is 0 Å². The molecule has 4 fully saturated rings. The van der Waals surface area contributed by atoms with Gasteiger partial charge in [-0.15, -0.1) is 0 Å². The fourth-order valence-electron chi connectivity index (χ4n) is 4.52. The van der Waals surface area contributed by atoms with Crippen molar-refractivity contribution in [1.82, 2.24) is 9.80 Å². The second-order valence-electron chi connectivity index (χ2n) is 8.10. The molecule has 2 atom stereocenters. The molecule has 130 valence electrons. The zero-order chi connectivity index (χ0) is 15.7. The average molecular weight is 322 g/mol. The van der Waals surface area contributed by atoms with Crippen LogP contribution in [0.25, 0.3) is 0 Å². The van der Waals surface area contributed by atoms with E-state index < -0.39 is 0 Å². The summed E-state index contributed by atoms with van der Waals surface area (Å²) in [4.78, 5) is 17.4. The largest absolute Gasteiger partial charge is 0.379 e. The van der Waals surface area contributed by atoms with Crippen LogP contribution in [-0.2, 0) is 14.3 Å². The lowest BCUT2D eigenvalue weighted by Gasteiger charge is -2.44. The zero-order valence-electron chi connectivity index (χ0n) is 14.2. The van der Waals surface area contributed by atoms with E-state index in [-0.39, 0.29) is 17.4 Å². The van der Waals surface area contributed by atoms with E-state index in [0.29, 0.717) is 0 Å². The standard InChI is InChI=1S/C18H30N2O3/c21-17(16-3-1-9-23-16)20-7-2-6-18(13-20)12-19(8-10-22-14-18)11-15-4-5-15/h15-16H,1-14H2/t16-,18+/m1/s1. The Kier molecular flexibility index (Phi) is 4.61. The van der Waals surface area contributed by atoms with Crippen LogP contribution in [0.15, 0.2) is 0 Å². The summed E-state index contributed by atoms with van der Waals surface area (Å²) in [6.45, 7) is 7.52. The molecule has 0 radical (unpaired) electrons. The maximum absolute atomic E-state index is 12.7. The van der Waals surface area contributed by atoms with Gasteiger partial charge in [0.2, 0.25) is 0 Å². The van der Waals surface area contributed by atoms with Crippen molar-refractivity contribution in [1.29, 1.82) is 0 Å². The molecule has 3 aliphatic heterocycles.